The standard InChI is InChI=1S/C10H16N4O2/c1-6-8(11)9(13(2)12-6)10(16)14-4-3-7(15)5-14/h7,15H,3-5,11H2,1-2H3/t7-/m0/s1. The van der Waals surface area contributed by atoms with Gasteiger partial charge >= 0.3 is 0 Å². The number of hydrogen-bond donors (Lipinski definition) is 2. The normalized spacial score (nSPS) is 20.4. The van der Waals surface area contributed by atoms with Crippen LogP contribution in [0.2, 0.25) is 0 Å². The molecule has 6 nitrogen and oxygen atoms in total. The molecule has 0 spiro atoms. The van der Waals surface area contributed by atoms with Crippen molar-refractivity contribution in [2.24, 2.45) is 7.05 Å². The van der Waals surface area contributed by atoms with Crippen molar-refractivity contribution in [3.8, 4) is 0 Å². The fourth-order valence-electron chi connectivity index (χ4n) is 2.00. The van der Waals surface area contributed by atoms with Gasteiger partial charge in [-0.05, 0) is 13.3 Å². The molecule has 1 aliphatic rings. The van der Waals surface area contributed by atoms with Crippen LogP contribution in [0.4, 0.5) is 5.69 Å². The smallest absolute Gasteiger partial charge is 0.274 e. The molecule has 1 aromatic rings. The van der Waals surface area contributed by atoms with Crippen LogP contribution in [-0.4, -0.2) is 44.9 Å². The van der Waals surface area contributed by atoms with Gasteiger partial charge in [0.1, 0.15) is 5.69 Å². The molecular weight excluding hydrogens is 208 g/mol. The highest BCUT2D eigenvalue weighted by Crippen LogP contribution is 2.20. The van der Waals surface area contributed by atoms with Crippen molar-refractivity contribution in [2.45, 2.75) is 19.4 Å². The van der Waals surface area contributed by atoms with Crippen molar-refractivity contribution >= 4 is 11.6 Å². The molecule has 0 unspecified atom stereocenters. The Hall–Kier alpha value is -1.56. The van der Waals surface area contributed by atoms with Crippen molar-refractivity contribution in [1.82, 2.24) is 14.7 Å². The van der Waals surface area contributed by atoms with Crippen LogP contribution in [0, 0.1) is 6.92 Å². The minimum atomic E-state index is -0.417. The van der Waals surface area contributed by atoms with Gasteiger partial charge in [0.05, 0.1) is 17.5 Å². The summed E-state index contributed by atoms with van der Waals surface area (Å²) in [4.78, 5) is 13.7. The molecule has 1 amide bonds. The summed E-state index contributed by atoms with van der Waals surface area (Å²) in [6.07, 6.45) is 0.210. The molecule has 0 aromatic carbocycles. The molecular formula is C10H16N4O2. The van der Waals surface area contributed by atoms with E-state index >= 15 is 0 Å². The number of nitrogens with two attached hydrogens (primary N) is 1. The van der Waals surface area contributed by atoms with Gasteiger partial charge in [0.2, 0.25) is 0 Å². The van der Waals surface area contributed by atoms with Crippen molar-refractivity contribution in [3.05, 3.63) is 11.4 Å². The van der Waals surface area contributed by atoms with Crippen molar-refractivity contribution in [3.63, 3.8) is 0 Å². The Morgan fingerprint density at radius 2 is 2.31 bits per heavy atom. The SMILES string of the molecule is Cc1nn(C)c(C(=O)N2CC[C@H](O)C2)c1N. The Labute approximate surface area is 93.6 Å². The average molecular weight is 224 g/mol. The first kappa shape index (κ1) is 10.9. The third kappa shape index (κ3) is 1.65. The quantitative estimate of drug-likeness (QED) is 0.674. The fourth-order valence-corrected chi connectivity index (χ4v) is 2.00. The van der Waals surface area contributed by atoms with E-state index in [2.05, 4.69) is 5.10 Å². The number of carbonyl (C=O) groups is 1. The molecule has 3 N–H and O–H groups in total. The Bertz CT molecular complexity index is 427. The average Bonchev–Trinajstić information content (AvgIpc) is 2.73. The number of anilines is 1. The third-order valence-electron chi connectivity index (χ3n) is 2.92. The molecule has 1 atom stereocenters. The zero-order chi connectivity index (χ0) is 11.9. The minimum absolute atomic E-state index is 0.155. The zero-order valence-corrected chi connectivity index (χ0v) is 9.47. The van der Waals surface area contributed by atoms with E-state index in [0.29, 0.717) is 36.6 Å². The second kappa shape index (κ2) is 3.79. The summed E-state index contributed by atoms with van der Waals surface area (Å²) in [5.41, 5.74) is 7.31. The fraction of sp³-hybridized carbons (Fsp3) is 0.600. The number of hydrogen-bond acceptors (Lipinski definition) is 4. The van der Waals surface area contributed by atoms with Gasteiger partial charge in [-0.25, -0.2) is 0 Å². The number of aliphatic hydroxyl groups excluding tert-OH is 1. The van der Waals surface area contributed by atoms with Crippen LogP contribution in [0.5, 0.6) is 0 Å². The number of amides is 1. The molecule has 16 heavy (non-hydrogen) atoms. The van der Waals surface area contributed by atoms with Gasteiger partial charge in [0.25, 0.3) is 5.91 Å². The Kier molecular flexibility index (Phi) is 2.59. The van der Waals surface area contributed by atoms with Crippen molar-refractivity contribution in [2.75, 3.05) is 18.8 Å². The van der Waals surface area contributed by atoms with Crippen molar-refractivity contribution in [1.29, 1.82) is 0 Å². The molecule has 0 radical (unpaired) electrons. The molecule has 0 saturated carbocycles. The predicted molar refractivity (Wildman–Crippen MR) is 58.9 cm³/mol. The van der Waals surface area contributed by atoms with E-state index in [9.17, 15) is 9.90 Å². The number of nitrogen functional groups attached to an aromatic ring is 1. The number of carbonyl (C=O) groups excluding carboxylic acids is 1. The summed E-state index contributed by atoms with van der Waals surface area (Å²) in [6, 6.07) is 0. The highest BCUT2D eigenvalue weighted by Gasteiger charge is 2.29. The minimum Gasteiger partial charge on any atom is -0.395 e. The number of likely N-dealkylation sites (tertiary alicyclic amines) is 1. The maximum Gasteiger partial charge on any atom is 0.274 e. The van der Waals surface area contributed by atoms with E-state index in [1.807, 2.05) is 0 Å². The Morgan fingerprint density at radius 3 is 2.75 bits per heavy atom. The molecule has 6 heteroatoms. The van der Waals surface area contributed by atoms with E-state index in [4.69, 9.17) is 5.73 Å². The topological polar surface area (TPSA) is 84.4 Å². The molecule has 2 heterocycles. The van der Waals surface area contributed by atoms with Crippen LogP contribution in [0.3, 0.4) is 0 Å². The monoisotopic (exact) mass is 224 g/mol. The summed E-state index contributed by atoms with van der Waals surface area (Å²) in [6.45, 7) is 2.72. The first-order valence-corrected chi connectivity index (χ1v) is 5.27. The van der Waals surface area contributed by atoms with Crippen LogP contribution in [0.1, 0.15) is 22.6 Å². The van der Waals surface area contributed by atoms with Crippen LogP contribution in [-0.2, 0) is 7.05 Å². The maximum atomic E-state index is 12.1. The molecule has 0 aliphatic carbocycles. The van der Waals surface area contributed by atoms with Gasteiger partial charge in [0, 0.05) is 20.1 Å². The zero-order valence-electron chi connectivity index (χ0n) is 9.47. The van der Waals surface area contributed by atoms with Crippen LogP contribution < -0.4 is 5.73 Å². The highest BCUT2D eigenvalue weighted by molar-refractivity contribution is 5.98. The summed E-state index contributed by atoms with van der Waals surface area (Å²) >= 11 is 0. The Morgan fingerprint density at radius 1 is 1.62 bits per heavy atom. The molecule has 2 rings (SSSR count). The third-order valence-corrected chi connectivity index (χ3v) is 2.92. The van der Waals surface area contributed by atoms with Gasteiger partial charge in [-0.1, -0.05) is 0 Å². The highest BCUT2D eigenvalue weighted by atomic mass is 16.3. The largest absolute Gasteiger partial charge is 0.395 e. The number of aliphatic hydroxyl groups is 1. The van der Waals surface area contributed by atoms with E-state index in [-0.39, 0.29) is 5.91 Å². The van der Waals surface area contributed by atoms with Crippen LogP contribution in [0.15, 0.2) is 0 Å². The number of rotatable bonds is 1. The van der Waals surface area contributed by atoms with Gasteiger partial charge in [-0.2, -0.15) is 5.10 Å². The van der Waals surface area contributed by atoms with E-state index in [0.717, 1.165) is 0 Å². The second-order valence-electron chi connectivity index (χ2n) is 4.16. The van der Waals surface area contributed by atoms with Crippen LogP contribution in [0.25, 0.3) is 0 Å². The maximum absolute atomic E-state index is 12.1. The van der Waals surface area contributed by atoms with E-state index in [1.54, 1.807) is 18.9 Å². The first-order chi connectivity index (χ1) is 7.50. The lowest BCUT2D eigenvalue weighted by atomic mass is 10.3. The molecule has 1 saturated heterocycles. The number of aromatic nitrogens is 2. The van der Waals surface area contributed by atoms with Gasteiger partial charge < -0.3 is 15.7 Å². The summed E-state index contributed by atoms with van der Waals surface area (Å²) in [7, 11) is 1.70. The molecule has 1 aliphatic heterocycles. The number of aryl methyl sites for hydroxylation is 2. The van der Waals surface area contributed by atoms with E-state index < -0.39 is 6.10 Å². The predicted octanol–water partition coefficient (Wildman–Crippen LogP) is -0.482. The number of β-amino-alcohol motifs (C(OH)–C–C–N with tert-alkyl or cyclic N) is 1. The van der Waals surface area contributed by atoms with Gasteiger partial charge in [-0.3, -0.25) is 9.48 Å². The summed E-state index contributed by atoms with van der Waals surface area (Å²) in [5, 5.41) is 13.5. The van der Waals surface area contributed by atoms with Gasteiger partial charge in [-0.15, -0.1) is 0 Å². The second-order valence-corrected chi connectivity index (χ2v) is 4.16. The van der Waals surface area contributed by atoms with Gasteiger partial charge in [0.15, 0.2) is 0 Å². The molecule has 1 aromatic heterocycles. The first-order valence-electron chi connectivity index (χ1n) is 5.27. The van der Waals surface area contributed by atoms with Crippen LogP contribution >= 0.6 is 0 Å². The summed E-state index contributed by atoms with van der Waals surface area (Å²) in [5.74, 6) is -0.155. The number of nitrogens with zero attached hydrogens (tertiary/aromatic N) is 3. The molecule has 88 valence electrons. The van der Waals surface area contributed by atoms with Crippen molar-refractivity contribution < 1.29 is 9.90 Å². The lowest BCUT2D eigenvalue weighted by molar-refractivity contribution is 0.0755. The molecule has 1 fully saturated rings. The van der Waals surface area contributed by atoms with E-state index in [1.165, 1.54) is 4.68 Å². The lowest BCUT2D eigenvalue weighted by Gasteiger charge is -2.15. The summed E-state index contributed by atoms with van der Waals surface area (Å²) < 4.78 is 1.50. The molecule has 0 bridgehead atoms. The lowest BCUT2D eigenvalue weighted by Crippen LogP contribution is -2.31. The Balaban J connectivity index is 2.27.